The van der Waals surface area contributed by atoms with Gasteiger partial charge in [0.25, 0.3) is 0 Å². The van der Waals surface area contributed by atoms with Gasteiger partial charge in [-0.25, -0.2) is 27.0 Å². The molecule has 2 aromatic rings. The Bertz CT molecular complexity index is 984. The molecule has 1 atom stereocenters. The average molecular weight is 385 g/mol. The zero-order chi connectivity index (χ0) is 18.2. The SMILES string of the molecule is Cn1ccnc1C1CNCCN1S(=O)(=O)c1cccc(S(N)(=O)=O)c1. The minimum atomic E-state index is -3.99. The van der Waals surface area contributed by atoms with Crippen molar-refractivity contribution in [3.8, 4) is 0 Å². The zero-order valence-corrected chi connectivity index (χ0v) is 15.2. The Morgan fingerprint density at radius 3 is 2.60 bits per heavy atom. The van der Waals surface area contributed by atoms with Crippen molar-refractivity contribution in [2.24, 2.45) is 12.2 Å². The first-order valence-corrected chi connectivity index (χ1v) is 10.5. The minimum absolute atomic E-state index is 0.111. The molecule has 3 N–H and O–H groups in total. The first-order valence-electron chi connectivity index (χ1n) is 7.54. The molecule has 0 bridgehead atoms. The summed E-state index contributed by atoms with van der Waals surface area (Å²) in [4.78, 5) is 3.91. The first kappa shape index (κ1) is 18.0. The topological polar surface area (TPSA) is 127 Å². The van der Waals surface area contributed by atoms with E-state index in [4.69, 9.17) is 5.14 Å². The third-order valence-electron chi connectivity index (χ3n) is 4.09. The molecule has 0 aliphatic carbocycles. The number of aryl methyl sites for hydroxylation is 1. The van der Waals surface area contributed by atoms with Crippen molar-refractivity contribution < 1.29 is 16.8 Å². The molecule has 0 saturated carbocycles. The van der Waals surface area contributed by atoms with Crippen LogP contribution in [0, 0.1) is 0 Å². The summed E-state index contributed by atoms with van der Waals surface area (Å²) in [7, 11) is -6.11. The molecule has 1 saturated heterocycles. The summed E-state index contributed by atoms with van der Waals surface area (Å²) < 4.78 is 52.4. The molecule has 3 rings (SSSR count). The maximum atomic E-state index is 13.1. The van der Waals surface area contributed by atoms with Crippen molar-refractivity contribution >= 4 is 20.0 Å². The summed E-state index contributed by atoms with van der Waals surface area (Å²) in [6, 6.07) is 4.59. The molecule has 1 aromatic heterocycles. The lowest BCUT2D eigenvalue weighted by molar-refractivity contribution is 0.258. The maximum absolute atomic E-state index is 13.1. The number of nitrogens with zero attached hydrogens (tertiary/aromatic N) is 3. The van der Waals surface area contributed by atoms with Crippen LogP contribution >= 0.6 is 0 Å². The van der Waals surface area contributed by atoms with Gasteiger partial charge in [0.1, 0.15) is 5.82 Å². The average Bonchev–Trinajstić information content (AvgIpc) is 3.00. The Balaban J connectivity index is 2.05. The number of imidazole rings is 1. The van der Waals surface area contributed by atoms with Gasteiger partial charge in [0.15, 0.2) is 0 Å². The number of benzene rings is 1. The highest BCUT2D eigenvalue weighted by atomic mass is 32.2. The van der Waals surface area contributed by atoms with E-state index in [1.54, 1.807) is 24.0 Å². The van der Waals surface area contributed by atoms with Crippen LogP contribution in [0.15, 0.2) is 46.5 Å². The molecule has 136 valence electrons. The molecule has 11 heteroatoms. The van der Waals surface area contributed by atoms with Gasteiger partial charge in [-0.15, -0.1) is 0 Å². The largest absolute Gasteiger partial charge is 0.337 e. The number of piperazine rings is 1. The highest BCUT2D eigenvalue weighted by Gasteiger charge is 2.36. The molecule has 1 aliphatic rings. The van der Waals surface area contributed by atoms with Crippen molar-refractivity contribution in [3.05, 3.63) is 42.5 Å². The van der Waals surface area contributed by atoms with Crippen LogP contribution in [0.5, 0.6) is 0 Å². The Morgan fingerprint density at radius 2 is 1.96 bits per heavy atom. The number of aromatic nitrogens is 2. The van der Waals surface area contributed by atoms with Gasteiger partial charge in [-0.2, -0.15) is 4.31 Å². The lowest BCUT2D eigenvalue weighted by Gasteiger charge is -2.34. The van der Waals surface area contributed by atoms with Gasteiger partial charge in [0.05, 0.1) is 15.8 Å². The van der Waals surface area contributed by atoms with E-state index in [9.17, 15) is 16.8 Å². The van der Waals surface area contributed by atoms with E-state index >= 15 is 0 Å². The van der Waals surface area contributed by atoms with Crippen LogP contribution < -0.4 is 10.5 Å². The summed E-state index contributed by atoms with van der Waals surface area (Å²) in [6.45, 7) is 1.16. The highest BCUT2D eigenvalue weighted by molar-refractivity contribution is 7.90. The normalized spacial score (nSPS) is 19.8. The molecule has 1 fully saturated rings. The van der Waals surface area contributed by atoms with Crippen LogP contribution in [-0.4, -0.2) is 50.3 Å². The molecule has 1 aromatic carbocycles. The Labute approximate surface area is 146 Å². The molecule has 2 heterocycles. The van der Waals surface area contributed by atoms with Gasteiger partial charge in [-0.1, -0.05) is 6.07 Å². The minimum Gasteiger partial charge on any atom is -0.337 e. The lowest BCUT2D eigenvalue weighted by atomic mass is 10.2. The van der Waals surface area contributed by atoms with Crippen LogP contribution in [0.25, 0.3) is 0 Å². The molecule has 25 heavy (non-hydrogen) atoms. The number of nitrogens with one attached hydrogen (secondary N) is 1. The second kappa shape index (κ2) is 6.50. The zero-order valence-electron chi connectivity index (χ0n) is 13.5. The Morgan fingerprint density at radius 1 is 1.24 bits per heavy atom. The lowest BCUT2D eigenvalue weighted by Crippen LogP contribution is -2.49. The van der Waals surface area contributed by atoms with Crippen molar-refractivity contribution in [2.75, 3.05) is 19.6 Å². The number of nitrogens with two attached hydrogens (primary N) is 1. The number of hydrogen-bond donors (Lipinski definition) is 2. The van der Waals surface area contributed by atoms with Crippen molar-refractivity contribution in [2.45, 2.75) is 15.8 Å². The molecule has 9 nitrogen and oxygen atoms in total. The molecular formula is C14H19N5O4S2. The second-order valence-corrected chi connectivity index (χ2v) is 9.20. The number of sulfonamides is 2. The van der Waals surface area contributed by atoms with Gasteiger partial charge < -0.3 is 9.88 Å². The van der Waals surface area contributed by atoms with E-state index in [1.165, 1.54) is 22.5 Å². The summed E-state index contributed by atoms with van der Waals surface area (Å²) in [5, 5.41) is 8.28. The molecule has 1 unspecified atom stereocenters. The Kier molecular flexibility index (Phi) is 4.68. The molecule has 0 radical (unpaired) electrons. The summed E-state index contributed by atoms with van der Waals surface area (Å²) in [6.07, 6.45) is 3.35. The summed E-state index contributed by atoms with van der Waals surface area (Å²) >= 11 is 0. The third-order valence-corrected chi connectivity index (χ3v) is 6.91. The Hall–Kier alpha value is -1.79. The van der Waals surface area contributed by atoms with Gasteiger partial charge >= 0.3 is 0 Å². The first-order chi connectivity index (χ1) is 11.7. The summed E-state index contributed by atoms with van der Waals surface area (Å²) in [5.74, 6) is 0.610. The maximum Gasteiger partial charge on any atom is 0.243 e. The van der Waals surface area contributed by atoms with Crippen molar-refractivity contribution in [1.29, 1.82) is 0 Å². The van der Waals surface area contributed by atoms with E-state index in [2.05, 4.69) is 10.3 Å². The van der Waals surface area contributed by atoms with Crippen molar-refractivity contribution in [1.82, 2.24) is 19.2 Å². The van der Waals surface area contributed by atoms with Gasteiger partial charge in [-0.05, 0) is 18.2 Å². The van der Waals surface area contributed by atoms with Gasteiger partial charge in [0.2, 0.25) is 20.0 Å². The molecule has 0 spiro atoms. The number of primary sulfonamides is 1. The molecule has 0 amide bonds. The van der Waals surface area contributed by atoms with Crippen LogP contribution in [0.2, 0.25) is 0 Å². The van der Waals surface area contributed by atoms with E-state index in [0.717, 1.165) is 6.07 Å². The van der Waals surface area contributed by atoms with E-state index < -0.39 is 26.1 Å². The fourth-order valence-corrected chi connectivity index (χ4v) is 5.11. The van der Waals surface area contributed by atoms with Gasteiger partial charge in [-0.3, -0.25) is 0 Å². The van der Waals surface area contributed by atoms with E-state index in [-0.39, 0.29) is 16.3 Å². The predicted octanol–water partition coefficient (Wildman–Crippen LogP) is -0.597. The smallest absolute Gasteiger partial charge is 0.243 e. The van der Waals surface area contributed by atoms with Crippen LogP contribution in [0.4, 0.5) is 0 Å². The van der Waals surface area contributed by atoms with Crippen LogP contribution in [0.3, 0.4) is 0 Å². The fraction of sp³-hybridized carbons (Fsp3) is 0.357. The van der Waals surface area contributed by atoms with Gasteiger partial charge in [0, 0.05) is 39.1 Å². The quantitative estimate of drug-likeness (QED) is 0.724. The van der Waals surface area contributed by atoms with Crippen LogP contribution in [0.1, 0.15) is 11.9 Å². The summed E-state index contributed by atoms with van der Waals surface area (Å²) in [5.41, 5.74) is 0. The molecular weight excluding hydrogens is 366 g/mol. The monoisotopic (exact) mass is 385 g/mol. The van der Waals surface area contributed by atoms with Crippen molar-refractivity contribution in [3.63, 3.8) is 0 Å². The number of rotatable bonds is 4. The predicted molar refractivity (Wildman–Crippen MR) is 90.5 cm³/mol. The third kappa shape index (κ3) is 3.46. The molecule has 1 aliphatic heterocycles. The second-order valence-electron chi connectivity index (χ2n) is 5.75. The van der Waals surface area contributed by atoms with E-state index in [1.807, 2.05) is 0 Å². The standard InChI is InChI=1S/C14H19N5O4S2/c1-18-7-6-17-14(18)13-10-16-5-8-19(13)25(22,23)12-4-2-3-11(9-12)24(15,20)21/h2-4,6-7,9,13,16H,5,8,10H2,1H3,(H2,15,20,21). The number of hydrogen-bond acceptors (Lipinski definition) is 6. The van der Waals surface area contributed by atoms with Crippen LogP contribution in [-0.2, 0) is 27.1 Å². The highest BCUT2D eigenvalue weighted by Crippen LogP contribution is 2.28. The van der Waals surface area contributed by atoms with E-state index in [0.29, 0.717) is 18.9 Å². The fourth-order valence-electron chi connectivity index (χ4n) is 2.84.